The lowest BCUT2D eigenvalue weighted by Crippen LogP contribution is -2.31. The van der Waals surface area contributed by atoms with Crippen LogP contribution in [0.3, 0.4) is 0 Å². The number of carbonyl (C=O) groups excluding carboxylic acids is 2. The van der Waals surface area contributed by atoms with E-state index in [0.29, 0.717) is 40.5 Å². The molecular weight excluding hydrogens is 936 g/mol. The molecule has 0 bridgehead atoms. The molecule has 4 aromatic heterocycles. The summed E-state index contributed by atoms with van der Waals surface area (Å²) in [6.07, 6.45) is 13.5. The molecule has 358 valence electrons. The number of benzene rings is 3. The van der Waals surface area contributed by atoms with Crippen molar-refractivity contribution in [3.05, 3.63) is 101 Å². The van der Waals surface area contributed by atoms with Crippen molar-refractivity contribution in [2.24, 2.45) is 0 Å². The number of rotatable bonds is 24. The van der Waals surface area contributed by atoms with Crippen molar-refractivity contribution in [2.75, 3.05) is 13.2 Å². The Morgan fingerprint density at radius 3 is 1.65 bits per heavy atom. The van der Waals surface area contributed by atoms with Gasteiger partial charge in [-0.15, -0.1) is 34.0 Å². The van der Waals surface area contributed by atoms with Gasteiger partial charge in [0.2, 0.25) is 0 Å². The first-order valence-electron chi connectivity index (χ1n) is 24.4. The van der Waals surface area contributed by atoms with Crippen LogP contribution < -0.4 is 4.74 Å². The molecule has 0 N–H and O–H groups in total. The highest BCUT2D eigenvalue weighted by atomic mass is 32.1. The summed E-state index contributed by atoms with van der Waals surface area (Å²) in [5, 5.41) is 0. The van der Waals surface area contributed by atoms with Crippen LogP contribution in [0.15, 0.2) is 72.8 Å². The van der Waals surface area contributed by atoms with Crippen LogP contribution in [-0.4, -0.2) is 38.6 Å². The molecule has 6 nitrogen and oxygen atoms in total. The molecule has 13 heteroatoms. The summed E-state index contributed by atoms with van der Waals surface area (Å²) < 4.78 is 57.8. The van der Waals surface area contributed by atoms with Crippen molar-refractivity contribution in [1.82, 2.24) is 13.6 Å². The van der Waals surface area contributed by atoms with E-state index < -0.39 is 11.7 Å². The number of nitrogens with zero attached hydrogens (tertiary/aromatic N) is 3. The Morgan fingerprint density at radius 2 is 1.03 bits per heavy atom. The summed E-state index contributed by atoms with van der Waals surface area (Å²) >= 11 is 5.67. The van der Waals surface area contributed by atoms with Crippen LogP contribution in [0.2, 0.25) is 0 Å². The normalized spacial score (nSPS) is 12.8. The molecule has 3 aromatic carbocycles. The third kappa shape index (κ3) is 11.0. The number of alkyl halides is 3. The molecule has 0 radical (unpaired) electrons. The molecule has 0 aliphatic carbocycles. The van der Waals surface area contributed by atoms with E-state index in [0.717, 1.165) is 109 Å². The first-order valence-corrected chi connectivity index (χ1v) is 27.6. The minimum absolute atomic E-state index is 0.270. The zero-order chi connectivity index (χ0) is 47.8. The molecule has 1 aliphatic rings. The van der Waals surface area contributed by atoms with Gasteiger partial charge in [0.15, 0.2) is 0 Å². The maximum Gasteiger partial charge on any atom is 0.416 e. The highest BCUT2D eigenvalue weighted by Crippen LogP contribution is 2.53. The maximum atomic E-state index is 14.5. The maximum absolute atomic E-state index is 14.5. The first-order chi connectivity index (χ1) is 33.0. The second kappa shape index (κ2) is 22.8. The number of thiophene rings is 3. The van der Waals surface area contributed by atoms with Crippen LogP contribution in [0.1, 0.15) is 154 Å². The molecular formula is C55H60F3N3O3S4. The largest absolute Gasteiger partial charge is 0.493 e. The summed E-state index contributed by atoms with van der Waals surface area (Å²) in [5.41, 5.74) is 7.01. The second-order valence-corrected chi connectivity index (χ2v) is 21.7. The fourth-order valence-corrected chi connectivity index (χ4v) is 13.3. The van der Waals surface area contributed by atoms with Crippen molar-refractivity contribution in [3.8, 4) is 57.3 Å². The van der Waals surface area contributed by atoms with Crippen molar-refractivity contribution in [2.45, 2.75) is 137 Å². The van der Waals surface area contributed by atoms with Gasteiger partial charge in [-0.2, -0.15) is 21.9 Å². The van der Waals surface area contributed by atoms with Crippen LogP contribution in [0.25, 0.3) is 62.6 Å². The number of aryl methyl sites for hydroxylation is 1. The van der Waals surface area contributed by atoms with E-state index in [1.165, 1.54) is 115 Å². The Labute approximate surface area is 414 Å². The SMILES string of the molecule is CCCCCCCCCCCCN1C(=O)c2c(-c3ccc(C(F)(F)F)cc3)sc(-c3ccc(-c4c(OCCCCCCCC)c(C)c(-c5ccc(-c6ccc(C)cc6)s5)c5nsnc45)s3)c2C1=O. The van der Waals surface area contributed by atoms with Crippen molar-refractivity contribution >= 4 is 68.6 Å². The number of aromatic nitrogens is 2. The van der Waals surface area contributed by atoms with Gasteiger partial charge in [-0.1, -0.05) is 146 Å². The van der Waals surface area contributed by atoms with Gasteiger partial charge in [0.25, 0.3) is 11.8 Å². The Kier molecular flexibility index (Phi) is 16.7. The van der Waals surface area contributed by atoms with Crippen LogP contribution in [-0.2, 0) is 6.18 Å². The third-order valence-corrected chi connectivity index (χ3v) is 17.2. The molecule has 1 aliphatic heterocycles. The van der Waals surface area contributed by atoms with Crippen molar-refractivity contribution < 1.29 is 27.5 Å². The van der Waals surface area contributed by atoms with Crippen LogP contribution >= 0.6 is 45.7 Å². The molecule has 0 saturated heterocycles. The van der Waals surface area contributed by atoms with E-state index in [2.05, 4.69) is 64.1 Å². The summed E-state index contributed by atoms with van der Waals surface area (Å²) in [7, 11) is 0. The Balaban J connectivity index is 1.14. The number of imide groups is 1. The number of amides is 2. The van der Waals surface area contributed by atoms with Crippen molar-refractivity contribution in [1.29, 1.82) is 0 Å². The number of hydrogen-bond acceptors (Lipinski definition) is 9. The minimum atomic E-state index is -4.51. The zero-order valence-electron chi connectivity index (χ0n) is 39.5. The molecule has 2 amide bonds. The van der Waals surface area contributed by atoms with Crippen molar-refractivity contribution in [3.63, 3.8) is 0 Å². The number of hydrogen-bond donors (Lipinski definition) is 0. The number of unbranched alkanes of at least 4 members (excludes halogenated alkanes) is 14. The summed E-state index contributed by atoms with van der Waals surface area (Å²) in [6.45, 7) is 9.47. The predicted octanol–water partition coefficient (Wildman–Crippen LogP) is 18.1. The van der Waals surface area contributed by atoms with Gasteiger partial charge in [-0.3, -0.25) is 14.5 Å². The molecule has 0 saturated carbocycles. The average Bonchev–Trinajstić information content (AvgIpc) is 4.19. The predicted molar refractivity (Wildman–Crippen MR) is 279 cm³/mol. The van der Waals surface area contributed by atoms with E-state index in [4.69, 9.17) is 13.5 Å². The molecule has 7 aromatic rings. The number of ether oxygens (including phenoxy) is 1. The lowest BCUT2D eigenvalue weighted by Gasteiger charge is -2.17. The average molecular weight is 996 g/mol. The summed E-state index contributed by atoms with van der Waals surface area (Å²) in [4.78, 5) is 35.2. The zero-order valence-corrected chi connectivity index (χ0v) is 42.8. The van der Waals surface area contributed by atoms with Crippen LogP contribution in [0.4, 0.5) is 13.2 Å². The van der Waals surface area contributed by atoms with Crippen LogP contribution in [0.5, 0.6) is 5.75 Å². The molecule has 5 heterocycles. The van der Waals surface area contributed by atoms with Gasteiger partial charge in [0, 0.05) is 42.1 Å². The summed E-state index contributed by atoms with van der Waals surface area (Å²) in [6, 6.07) is 21.8. The lowest BCUT2D eigenvalue weighted by atomic mass is 9.98. The third-order valence-electron chi connectivity index (χ3n) is 12.9. The number of fused-ring (bicyclic) bond motifs is 2. The smallest absolute Gasteiger partial charge is 0.416 e. The first kappa shape index (κ1) is 49.7. The van der Waals surface area contributed by atoms with E-state index in [1.807, 2.05) is 12.1 Å². The van der Waals surface area contributed by atoms with Gasteiger partial charge >= 0.3 is 6.18 Å². The molecule has 0 unspecified atom stereocenters. The highest BCUT2D eigenvalue weighted by Gasteiger charge is 2.42. The van der Waals surface area contributed by atoms with E-state index >= 15 is 0 Å². The van der Waals surface area contributed by atoms with E-state index in [9.17, 15) is 22.8 Å². The molecule has 68 heavy (non-hydrogen) atoms. The molecule has 0 atom stereocenters. The fourth-order valence-electron chi connectivity index (χ4n) is 9.16. The monoisotopic (exact) mass is 995 g/mol. The lowest BCUT2D eigenvalue weighted by molar-refractivity contribution is -0.137. The molecule has 0 spiro atoms. The van der Waals surface area contributed by atoms with E-state index in [1.54, 1.807) is 11.3 Å². The quantitative estimate of drug-likeness (QED) is 0.0445. The number of carbonyl (C=O) groups is 2. The van der Waals surface area contributed by atoms with Gasteiger partial charge in [-0.25, -0.2) is 0 Å². The Morgan fingerprint density at radius 1 is 0.529 bits per heavy atom. The van der Waals surface area contributed by atoms with Crippen LogP contribution in [0, 0.1) is 13.8 Å². The Bertz CT molecular complexity index is 2820. The molecule has 8 rings (SSSR count). The molecule has 0 fully saturated rings. The number of halogens is 3. The fraction of sp³-hybridized carbons (Fsp3) is 0.418. The summed E-state index contributed by atoms with van der Waals surface area (Å²) in [5.74, 6) is 0.0137. The topological polar surface area (TPSA) is 72.4 Å². The van der Waals surface area contributed by atoms with Gasteiger partial charge in [0.05, 0.1) is 45.5 Å². The van der Waals surface area contributed by atoms with Gasteiger partial charge < -0.3 is 4.74 Å². The second-order valence-electron chi connectivity index (χ2n) is 18.0. The highest BCUT2D eigenvalue weighted by molar-refractivity contribution is 7.26. The minimum Gasteiger partial charge on any atom is -0.493 e. The van der Waals surface area contributed by atoms with Gasteiger partial charge in [-0.05, 0) is 74.2 Å². The van der Waals surface area contributed by atoms with E-state index in [-0.39, 0.29) is 17.4 Å². The standard InChI is InChI=1S/C55H60F3N3O3S4/c1-5-7-9-11-13-14-15-16-17-19-33-61-53(62)46-47(54(61)63)52(67-51(46)38-25-27-39(28-26-38)55(56,57)58)43-32-31-42(66-43)45-49-48(59-68-60-49)44(36(4)50(45)64-34-20-18-12-10-8-6-2)41-30-29-40(65-41)37-23-21-35(3)22-24-37/h21-32H,5-20,33-34H2,1-4H3. The van der Waals surface area contributed by atoms with Gasteiger partial charge in [0.1, 0.15) is 16.8 Å². The Hall–Kier alpha value is -4.69.